The molecule has 9 heavy (non-hydrogen) atoms. The lowest BCUT2D eigenvalue weighted by atomic mass is 10.4. The first-order valence-electron chi connectivity index (χ1n) is 3.23. The molecule has 1 fully saturated rings. The molecule has 1 aliphatic heterocycles. The van der Waals surface area contributed by atoms with Gasteiger partial charge in [0, 0.05) is 0 Å². The molecule has 0 spiro atoms. The summed E-state index contributed by atoms with van der Waals surface area (Å²) in [4.78, 5) is 0. The summed E-state index contributed by atoms with van der Waals surface area (Å²) in [6, 6.07) is 0. The second kappa shape index (κ2) is 3.15. The van der Waals surface area contributed by atoms with Crippen LogP contribution in [0.4, 0.5) is 0 Å². The number of ether oxygens (including phenoxy) is 2. The van der Waals surface area contributed by atoms with Gasteiger partial charge >= 0.3 is 0 Å². The fraction of sp³-hybridized carbons (Fsp3) is 1.00. The van der Waals surface area contributed by atoms with E-state index in [2.05, 4.69) is 5.32 Å². The van der Waals surface area contributed by atoms with Gasteiger partial charge in [-0.3, -0.25) is 5.32 Å². The average molecular weight is 131 g/mol. The van der Waals surface area contributed by atoms with Crippen molar-refractivity contribution >= 4 is 0 Å². The van der Waals surface area contributed by atoms with Gasteiger partial charge in [0.05, 0.1) is 19.3 Å². The van der Waals surface area contributed by atoms with Crippen LogP contribution in [0.3, 0.4) is 0 Å². The molecule has 54 valence electrons. The maximum absolute atomic E-state index is 5.40. The Hall–Kier alpha value is -0.120. The van der Waals surface area contributed by atoms with E-state index < -0.39 is 0 Å². The van der Waals surface area contributed by atoms with E-state index in [1.165, 1.54) is 0 Å². The van der Waals surface area contributed by atoms with Crippen LogP contribution in [-0.4, -0.2) is 32.6 Å². The number of nitrogens with one attached hydrogen (secondary N) is 1. The number of likely N-dealkylation sites (N-methyl/N-ethyl adjacent to an activating group) is 1. The molecule has 1 rings (SSSR count). The molecule has 0 radical (unpaired) electrons. The van der Waals surface area contributed by atoms with Crippen LogP contribution < -0.4 is 5.32 Å². The normalized spacial score (nSPS) is 36.7. The van der Waals surface area contributed by atoms with Crippen LogP contribution in [0.2, 0.25) is 0 Å². The van der Waals surface area contributed by atoms with Crippen molar-refractivity contribution < 1.29 is 9.47 Å². The summed E-state index contributed by atoms with van der Waals surface area (Å²) in [7, 11) is 1.87. The van der Waals surface area contributed by atoms with E-state index in [1.807, 2.05) is 14.0 Å². The summed E-state index contributed by atoms with van der Waals surface area (Å²) in [5.41, 5.74) is 0. The van der Waals surface area contributed by atoms with Crippen molar-refractivity contribution in [3.05, 3.63) is 0 Å². The van der Waals surface area contributed by atoms with Gasteiger partial charge in [-0.2, -0.15) is 0 Å². The molecular formula is C6H13NO2. The van der Waals surface area contributed by atoms with E-state index in [4.69, 9.17) is 9.47 Å². The summed E-state index contributed by atoms with van der Waals surface area (Å²) in [6.07, 6.45) is 0.324. The van der Waals surface area contributed by atoms with Gasteiger partial charge < -0.3 is 9.47 Å². The Labute approximate surface area is 55.3 Å². The van der Waals surface area contributed by atoms with Crippen molar-refractivity contribution in [2.24, 2.45) is 0 Å². The van der Waals surface area contributed by atoms with Crippen molar-refractivity contribution in [3.8, 4) is 0 Å². The monoisotopic (exact) mass is 131 g/mol. The highest BCUT2D eigenvalue weighted by Gasteiger charge is 2.16. The number of hydrogen-bond donors (Lipinski definition) is 1. The Bertz CT molecular complexity index is 87.1. The zero-order valence-corrected chi connectivity index (χ0v) is 5.89. The molecule has 1 saturated heterocycles. The molecule has 0 aromatic rings. The number of rotatable bonds is 1. The summed E-state index contributed by atoms with van der Waals surface area (Å²) in [6.45, 7) is 3.39. The van der Waals surface area contributed by atoms with E-state index >= 15 is 0 Å². The third kappa shape index (κ3) is 1.93. The average Bonchev–Trinajstić information content (AvgIpc) is 1.88. The van der Waals surface area contributed by atoms with Gasteiger partial charge in [-0.1, -0.05) is 0 Å². The van der Waals surface area contributed by atoms with Crippen LogP contribution >= 0.6 is 0 Å². The zero-order chi connectivity index (χ0) is 6.69. The molecule has 0 aliphatic carbocycles. The van der Waals surface area contributed by atoms with Gasteiger partial charge in [-0.15, -0.1) is 0 Å². The molecule has 3 nitrogen and oxygen atoms in total. The lowest BCUT2D eigenvalue weighted by Crippen LogP contribution is -2.42. The second-order valence-electron chi connectivity index (χ2n) is 2.26. The molecule has 1 aliphatic rings. The molecular weight excluding hydrogens is 118 g/mol. The Kier molecular flexibility index (Phi) is 2.45. The summed E-state index contributed by atoms with van der Waals surface area (Å²) in [5.74, 6) is 0. The zero-order valence-electron chi connectivity index (χ0n) is 5.89. The third-order valence-electron chi connectivity index (χ3n) is 1.34. The summed E-state index contributed by atoms with van der Waals surface area (Å²) >= 11 is 0. The predicted molar refractivity (Wildman–Crippen MR) is 34.2 cm³/mol. The first kappa shape index (κ1) is 6.99. The minimum absolute atomic E-state index is 0.0914. The van der Waals surface area contributed by atoms with E-state index in [1.54, 1.807) is 0 Å². The van der Waals surface area contributed by atoms with Crippen LogP contribution in [0.25, 0.3) is 0 Å². The Morgan fingerprint density at radius 3 is 2.67 bits per heavy atom. The summed E-state index contributed by atoms with van der Waals surface area (Å²) < 4.78 is 10.6. The molecule has 1 N–H and O–H groups in total. The van der Waals surface area contributed by atoms with Crippen LogP contribution in [0.15, 0.2) is 0 Å². The molecule has 3 heteroatoms. The van der Waals surface area contributed by atoms with Crippen molar-refractivity contribution in [3.63, 3.8) is 0 Å². The molecule has 1 heterocycles. The van der Waals surface area contributed by atoms with Crippen LogP contribution in [-0.2, 0) is 9.47 Å². The maximum Gasteiger partial charge on any atom is 0.131 e. The topological polar surface area (TPSA) is 30.5 Å². The van der Waals surface area contributed by atoms with Gasteiger partial charge in [0.25, 0.3) is 0 Å². The minimum atomic E-state index is 0.0914. The first-order valence-corrected chi connectivity index (χ1v) is 3.23. The largest absolute Gasteiger partial charge is 0.375 e. The van der Waals surface area contributed by atoms with E-state index in [0.29, 0.717) is 6.61 Å². The van der Waals surface area contributed by atoms with Crippen molar-refractivity contribution in [1.29, 1.82) is 0 Å². The fourth-order valence-electron chi connectivity index (χ4n) is 0.851. The van der Waals surface area contributed by atoms with Crippen molar-refractivity contribution in [2.45, 2.75) is 19.3 Å². The molecule has 2 atom stereocenters. The van der Waals surface area contributed by atoms with Crippen molar-refractivity contribution in [1.82, 2.24) is 5.32 Å². The molecule has 0 aromatic carbocycles. The quantitative estimate of drug-likeness (QED) is 0.542. The summed E-state index contributed by atoms with van der Waals surface area (Å²) in [5, 5.41) is 2.99. The predicted octanol–water partition coefficient (Wildman–Crippen LogP) is -0.0328. The van der Waals surface area contributed by atoms with Gasteiger partial charge in [0.2, 0.25) is 0 Å². The molecule has 0 amide bonds. The lowest BCUT2D eigenvalue weighted by Gasteiger charge is -2.27. The molecule has 0 saturated carbocycles. The van der Waals surface area contributed by atoms with Gasteiger partial charge in [-0.25, -0.2) is 0 Å². The Morgan fingerprint density at radius 1 is 1.44 bits per heavy atom. The van der Waals surface area contributed by atoms with Crippen LogP contribution in [0.1, 0.15) is 6.92 Å². The van der Waals surface area contributed by atoms with E-state index in [-0.39, 0.29) is 12.3 Å². The first-order chi connectivity index (χ1) is 4.33. The highest BCUT2D eigenvalue weighted by atomic mass is 16.6. The Morgan fingerprint density at radius 2 is 2.22 bits per heavy atom. The molecule has 0 bridgehead atoms. The van der Waals surface area contributed by atoms with E-state index in [9.17, 15) is 0 Å². The van der Waals surface area contributed by atoms with Crippen LogP contribution in [0.5, 0.6) is 0 Å². The van der Waals surface area contributed by atoms with Gasteiger partial charge in [0.1, 0.15) is 6.23 Å². The fourth-order valence-corrected chi connectivity index (χ4v) is 0.851. The third-order valence-corrected chi connectivity index (χ3v) is 1.34. The van der Waals surface area contributed by atoms with Crippen LogP contribution in [0, 0.1) is 0 Å². The highest BCUT2D eigenvalue weighted by Crippen LogP contribution is 2.03. The van der Waals surface area contributed by atoms with Gasteiger partial charge in [0.15, 0.2) is 0 Å². The smallest absolute Gasteiger partial charge is 0.131 e. The maximum atomic E-state index is 5.40. The molecule has 0 unspecified atom stereocenters. The SMILES string of the molecule is CN[C@@H]1COC[C@@H](C)O1. The minimum Gasteiger partial charge on any atom is -0.375 e. The number of hydrogen-bond acceptors (Lipinski definition) is 3. The lowest BCUT2D eigenvalue weighted by molar-refractivity contribution is -0.139. The highest BCUT2D eigenvalue weighted by molar-refractivity contribution is 4.60. The standard InChI is InChI=1S/C6H13NO2/c1-5-3-8-4-6(7-2)9-5/h5-7H,3-4H2,1-2H3/t5-,6+/m1/s1. The van der Waals surface area contributed by atoms with E-state index in [0.717, 1.165) is 6.61 Å². The molecule has 0 aromatic heterocycles. The second-order valence-corrected chi connectivity index (χ2v) is 2.26. The Balaban J connectivity index is 2.23. The van der Waals surface area contributed by atoms with Crippen molar-refractivity contribution in [2.75, 3.05) is 20.3 Å². The van der Waals surface area contributed by atoms with Gasteiger partial charge in [-0.05, 0) is 14.0 Å².